The third-order valence-electron chi connectivity index (χ3n) is 3.30. The van der Waals surface area contributed by atoms with E-state index in [0.717, 1.165) is 12.8 Å². The van der Waals surface area contributed by atoms with Crippen molar-refractivity contribution in [2.24, 2.45) is 0 Å². The van der Waals surface area contributed by atoms with E-state index in [9.17, 15) is 4.79 Å². The second-order valence-corrected chi connectivity index (χ2v) is 6.21. The molecule has 1 heterocycles. The first-order valence-corrected chi connectivity index (χ1v) is 8.22. The van der Waals surface area contributed by atoms with Crippen molar-refractivity contribution < 1.29 is 14.3 Å². The van der Waals surface area contributed by atoms with Crippen LogP contribution in [0.5, 0.6) is 0 Å². The summed E-state index contributed by atoms with van der Waals surface area (Å²) in [5, 5.41) is 0. The summed E-state index contributed by atoms with van der Waals surface area (Å²) < 4.78 is 11.4. The number of esters is 1. The lowest BCUT2D eigenvalue weighted by atomic mass is 10.1. The monoisotopic (exact) mass is 354 g/mol. The van der Waals surface area contributed by atoms with Gasteiger partial charge in [0.1, 0.15) is 6.10 Å². The molecule has 1 rings (SSSR count). The number of ether oxygens (including phenoxy) is 2. The van der Waals surface area contributed by atoms with E-state index in [1.807, 2.05) is 6.08 Å². The van der Waals surface area contributed by atoms with Crippen molar-refractivity contribution in [2.45, 2.75) is 62.7 Å². The van der Waals surface area contributed by atoms with Gasteiger partial charge >= 0.3 is 5.97 Å². The molecule has 4 atom stereocenters. The second kappa shape index (κ2) is 9.81. The summed E-state index contributed by atoms with van der Waals surface area (Å²) in [5.74, 6) is 2.18. The summed E-state index contributed by atoms with van der Waals surface area (Å²) in [4.78, 5) is 11.4. The molecule has 4 heteroatoms. The SMILES string of the molecule is C#C/C=C\C[C@H]1O[C@@H](C(Br)C/C=C/CC)C[C@H]1OC(C)=O. The van der Waals surface area contributed by atoms with Crippen molar-refractivity contribution in [3.63, 3.8) is 0 Å². The zero-order chi connectivity index (χ0) is 15.7. The largest absolute Gasteiger partial charge is 0.460 e. The van der Waals surface area contributed by atoms with Gasteiger partial charge in [0.25, 0.3) is 0 Å². The molecule has 21 heavy (non-hydrogen) atoms. The van der Waals surface area contributed by atoms with Crippen molar-refractivity contribution in [3.05, 3.63) is 24.3 Å². The van der Waals surface area contributed by atoms with E-state index in [0.29, 0.717) is 12.8 Å². The number of allylic oxidation sites excluding steroid dienone is 3. The Morgan fingerprint density at radius 1 is 1.52 bits per heavy atom. The Morgan fingerprint density at radius 3 is 2.90 bits per heavy atom. The second-order valence-electron chi connectivity index (χ2n) is 5.03. The van der Waals surface area contributed by atoms with Gasteiger partial charge in [0, 0.05) is 18.2 Å². The Labute approximate surface area is 135 Å². The molecule has 1 aliphatic rings. The fourth-order valence-electron chi connectivity index (χ4n) is 2.34. The highest BCUT2D eigenvalue weighted by Gasteiger charge is 2.39. The smallest absolute Gasteiger partial charge is 0.302 e. The minimum Gasteiger partial charge on any atom is -0.460 e. The van der Waals surface area contributed by atoms with Crippen LogP contribution >= 0.6 is 15.9 Å². The van der Waals surface area contributed by atoms with Gasteiger partial charge in [-0.25, -0.2) is 0 Å². The summed E-state index contributed by atoms with van der Waals surface area (Å²) in [6, 6.07) is 0. The highest BCUT2D eigenvalue weighted by atomic mass is 79.9. The standard InChI is InChI=1S/C17H23BrO3/c1-4-6-8-10-14(18)16-12-17(20-13(3)19)15(21-16)11-9-7-5-2/h2,6-9,14-17H,4,10-12H2,1,3H3/b8-6+,9-7-/t14?,15-,16-,17-/m1/s1. The molecule has 0 N–H and O–H groups in total. The number of hydrogen-bond donors (Lipinski definition) is 0. The minimum atomic E-state index is -0.271. The number of alkyl halides is 1. The van der Waals surface area contributed by atoms with Gasteiger partial charge in [-0.05, 0) is 25.3 Å². The van der Waals surface area contributed by atoms with Crippen LogP contribution in [-0.4, -0.2) is 29.1 Å². The molecule has 3 nitrogen and oxygen atoms in total. The van der Waals surface area contributed by atoms with Crippen molar-refractivity contribution in [1.82, 2.24) is 0 Å². The molecular formula is C17H23BrO3. The number of terminal acetylenes is 1. The van der Waals surface area contributed by atoms with Gasteiger partial charge in [0.15, 0.2) is 0 Å². The van der Waals surface area contributed by atoms with E-state index in [-0.39, 0.29) is 29.1 Å². The van der Waals surface area contributed by atoms with Gasteiger partial charge < -0.3 is 9.47 Å². The summed E-state index contributed by atoms with van der Waals surface area (Å²) in [5.41, 5.74) is 0. The highest BCUT2D eigenvalue weighted by Crippen LogP contribution is 2.31. The van der Waals surface area contributed by atoms with Crippen LogP contribution in [0.4, 0.5) is 0 Å². The molecule has 0 spiro atoms. The number of halogens is 1. The van der Waals surface area contributed by atoms with Crippen molar-refractivity contribution in [3.8, 4) is 12.3 Å². The van der Waals surface area contributed by atoms with Gasteiger partial charge in [-0.3, -0.25) is 4.79 Å². The summed E-state index contributed by atoms with van der Waals surface area (Å²) in [6.45, 7) is 3.54. The predicted octanol–water partition coefficient (Wildman–Crippen LogP) is 3.77. The lowest BCUT2D eigenvalue weighted by Crippen LogP contribution is -2.25. The van der Waals surface area contributed by atoms with E-state index in [1.54, 1.807) is 6.08 Å². The highest BCUT2D eigenvalue weighted by molar-refractivity contribution is 9.09. The van der Waals surface area contributed by atoms with Crippen molar-refractivity contribution >= 4 is 21.9 Å². The predicted molar refractivity (Wildman–Crippen MR) is 88.2 cm³/mol. The van der Waals surface area contributed by atoms with Crippen LogP contribution < -0.4 is 0 Å². The lowest BCUT2D eigenvalue weighted by Gasteiger charge is -2.17. The van der Waals surface area contributed by atoms with Crippen LogP contribution in [0, 0.1) is 12.3 Å². The zero-order valence-corrected chi connectivity index (χ0v) is 14.2. The maximum atomic E-state index is 11.2. The van der Waals surface area contributed by atoms with Gasteiger partial charge in [-0.1, -0.05) is 47.0 Å². The Kier molecular flexibility index (Phi) is 8.41. The minimum absolute atomic E-state index is 0.0418. The number of hydrogen-bond acceptors (Lipinski definition) is 3. The zero-order valence-electron chi connectivity index (χ0n) is 12.6. The van der Waals surface area contributed by atoms with Crippen molar-refractivity contribution in [2.75, 3.05) is 0 Å². The van der Waals surface area contributed by atoms with Crippen LogP contribution in [0.1, 0.15) is 39.5 Å². The number of carbonyl (C=O) groups is 1. The summed E-state index contributed by atoms with van der Waals surface area (Å²) >= 11 is 3.67. The molecule has 1 unspecified atom stereocenters. The first-order chi connectivity index (χ1) is 10.1. The van der Waals surface area contributed by atoms with Crippen LogP contribution in [-0.2, 0) is 14.3 Å². The third kappa shape index (κ3) is 6.50. The molecule has 0 saturated carbocycles. The van der Waals surface area contributed by atoms with E-state index >= 15 is 0 Å². The van der Waals surface area contributed by atoms with E-state index in [1.165, 1.54) is 6.92 Å². The Bertz CT molecular complexity index is 422. The molecule has 1 fully saturated rings. The average molecular weight is 355 g/mol. The summed E-state index contributed by atoms with van der Waals surface area (Å²) in [7, 11) is 0. The fraction of sp³-hybridized carbons (Fsp3) is 0.588. The van der Waals surface area contributed by atoms with Crippen LogP contribution in [0.15, 0.2) is 24.3 Å². The van der Waals surface area contributed by atoms with Crippen molar-refractivity contribution in [1.29, 1.82) is 0 Å². The normalized spacial score (nSPS) is 27.0. The molecular weight excluding hydrogens is 332 g/mol. The van der Waals surface area contributed by atoms with Crippen LogP contribution in [0.2, 0.25) is 0 Å². The van der Waals surface area contributed by atoms with E-state index in [2.05, 4.69) is 40.9 Å². The van der Waals surface area contributed by atoms with Crippen LogP contribution in [0.3, 0.4) is 0 Å². The Hall–Kier alpha value is -1.05. The average Bonchev–Trinajstić information content (AvgIpc) is 2.82. The molecule has 0 radical (unpaired) electrons. The third-order valence-corrected chi connectivity index (χ3v) is 4.26. The molecule has 1 saturated heterocycles. The van der Waals surface area contributed by atoms with E-state index in [4.69, 9.17) is 15.9 Å². The molecule has 0 aromatic rings. The first-order valence-electron chi connectivity index (χ1n) is 7.31. The van der Waals surface area contributed by atoms with E-state index < -0.39 is 0 Å². The summed E-state index contributed by atoms with van der Waals surface area (Å²) in [6.07, 6.45) is 16.0. The van der Waals surface area contributed by atoms with Gasteiger partial charge in [-0.2, -0.15) is 0 Å². The molecule has 0 aromatic carbocycles. The molecule has 0 aliphatic carbocycles. The van der Waals surface area contributed by atoms with Gasteiger partial charge in [-0.15, -0.1) is 6.42 Å². The number of carbonyl (C=O) groups excluding carboxylic acids is 1. The Balaban J connectivity index is 2.61. The van der Waals surface area contributed by atoms with Gasteiger partial charge in [0.05, 0.1) is 12.2 Å². The van der Waals surface area contributed by atoms with Gasteiger partial charge in [0.2, 0.25) is 0 Å². The maximum Gasteiger partial charge on any atom is 0.302 e. The fourth-order valence-corrected chi connectivity index (χ4v) is 2.90. The quantitative estimate of drug-likeness (QED) is 0.302. The topological polar surface area (TPSA) is 35.5 Å². The molecule has 0 aromatic heterocycles. The maximum absolute atomic E-state index is 11.2. The van der Waals surface area contributed by atoms with Crippen LogP contribution in [0.25, 0.3) is 0 Å². The molecule has 116 valence electrons. The molecule has 0 bridgehead atoms. The molecule has 1 aliphatic heterocycles. The molecule has 0 amide bonds. The lowest BCUT2D eigenvalue weighted by molar-refractivity contribution is -0.148. The number of rotatable bonds is 7. The first kappa shape index (κ1) is 18.0. The Morgan fingerprint density at radius 2 is 2.29 bits per heavy atom.